The van der Waals surface area contributed by atoms with Gasteiger partial charge in [-0.1, -0.05) is 23.9 Å². The fraction of sp³-hybridized carbons (Fsp3) is 0.167. The molecule has 1 aromatic carbocycles. The maximum Gasteiger partial charge on any atom is 0.337 e. The summed E-state index contributed by atoms with van der Waals surface area (Å²) in [7, 11) is 2.78. The van der Waals surface area contributed by atoms with Gasteiger partial charge in [0.25, 0.3) is 0 Å². The summed E-state index contributed by atoms with van der Waals surface area (Å²) in [6, 6.07) is 10.2. The van der Waals surface area contributed by atoms with E-state index in [0.29, 0.717) is 16.7 Å². The number of nitrogens with two attached hydrogens (primary N) is 1. The number of nitriles is 2. The average molecular weight is 381 g/mol. The summed E-state index contributed by atoms with van der Waals surface area (Å²) in [4.78, 5) is 27.2. The zero-order valence-electron chi connectivity index (χ0n) is 14.6. The molecular weight excluding hydrogens is 366 g/mol. The van der Waals surface area contributed by atoms with E-state index in [1.54, 1.807) is 12.1 Å². The number of thioether (sulfide) groups is 1. The number of esters is 1. The molecule has 0 saturated carbocycles. The van der Waals surface area contributed by atoms with Crippen LogP contribution in [-0.2, 0) is 9.53 Å². The SMILES string of the molecule is CNC(=O)CSc1nc(N)c(C#N)c(-c2ccc(C(=O)OC)cc2)c1C#N. The summed E-state index contributed by atoms with van der Waals surface area (Å²) in [5.74, 6) is -0.733. The second-order valence-corrected chi connectivity index (χ2v) is 6.15. The van der Waals surface area contributed by atoms with E-state index in [1.165, 1.54) is 26.3 Å². The number of nitrogen functional groups attached to an aromatic ring is 1. The van der Waals surface area contributed by atoms with Gasteiger partial charge in [-0.2, -0.15) is 10.5 Å². The van der Waals surface area contributed by atoms with Crippen LogP contribution >= 0.6 is 11.8 Å². The normalized spacial score (nSPS) is 9.78. The molecule has 2 rings (SSSR count). The lowest BCUT2D eigenvalue weighted by atomic mass is 9.96. The van der Waals surface area contributed by atoms with E-state index in [2.05, 4.69) is 15.0 Å². The van der Waals surface area contributed by atoms with Crippen molar-refractivity contribution in [2.24, 2.45) is 0 Å². The molecule has 0 radical (unpaired) electrons. The van der Waals surface area contributed by atoms with Gasteiger partial charge in [0.15, 0.2) is 0 Å². The van der Waals surface area contributed by atoms with Gasteiger partial charge >= 0.3 is 5.97 Å². The standard InChI is InChI=1S/C18H15N5O3S/c1-22-14(24)9-27-17-13(8-20)15(12(7-19)16(21)23-17)10-3-5-11(6-4-10)18(25)26-2/h3-6H,9H2,1-2H3,(H2,21,23)(H,22,24). The fourth-order valence-corrected chi connectivity index (χ4v) is 3.16. The third-order valence-electron chi connectivity index (χ3n) is 3.63. The number of carbonyl (C=O) groups excluding carboxylic acids is 2. The Labute approximate surface area is 159 Å². The number of ether oxygens (including phenoxy) is 1. The number of amides is 1. The number of anilines is 1. The number of hydrogen-bond donors (Lipinski definition) is 2. The highest BCUT2D eigenvalue weighted by Crippen LogP contribution is 2.35. The first-order valence-corrected chi connectivity index (χ1v) is 8.61. The Balaban J connectivity index is 2.61. The van der Waals surface area contributed by atoms with Crippen molar-refractivity contribution in [3.63, 3.8) is 0 Å². The minimum atomic E-state index is -0.501. The van der Waals surface area contributed by atoms with Crippen molar-refractivity contribution in [2.45, 2.75) is 5.03 Å². The molecule has 0 bridgehead atoms. The topological polar surface area (TPSA) is 142 Å². The average Bonchev–Trinajstić information content (AvgIpc) is 2.70. The number of nitrogens with zero attached hydrogens (tertiary/aromatic N) is 3. The third kappa shape index (κ3) is 4.17. The molecule has 1 aromatic heterocycles. The van der Waals surface area contributed by atoms with Crippen molar-refractivity contribution in [1.82, 2.24) is 10.3 Å². The Hall–Kier alpha value is -3.56. The van der Waals surface area contributed by atoms with E-state index >= 15 is 0 Å². The van der Waals surface area contributed by atoms with Crippen LogP contribution in [0.3, 0.4) is 0 Å². The minimum absolute atomic E-state index is 0.0389. The number of aromatic nitrogens is 1. The molecule has 0 atom stereocenters. The van der Waals surface area contributed by atoms with E-state index in [0.717, 1.165) is 11.8 Å². The lowest BCUT2D eigenvalue weighted by Gasteiger charge is -2.13. The van der Waals surface area contributed by atoms with Crippen LogP contribution in [0, 0.1) is 22.7 Å². The first kappa shape index (κ1) is 19.8. The van der Waals surface area contributed by atoms with Crippen molar-refractivity contribution in [3.8, 4) is 23.3 Å². The molecule has 2 aromatic rings. The Kier molecular flexibility index (Phi) is 6.36. The van der Waals surface area contributed by atoms with Gasteiger partial charge in [-0.15, -0.1) is 0 Å². The molecule has 8 nitrogen and oxygen atoms in total. The van der Waals surface area contributed by atoms with Crippen LogP contribution in [0.1, 0.15) is 21.5 Å². The molecule has 136 valence electrons. The highest BCUT2D eigenvalue weighted by Gasteiger charge is 2.21. The van der Waals surface area contributed by atoms with Crippen LogP contribution in [-0.4, -0.2) is 36.8 Å². The van der Waals surface area contributed by atoms with Gasteiger partial charge in [0, 0.05) is 12.6 Å². The van der Waals surface area contributed by atoms with E-state index in [1.807, 2.05) is 12.1 Å². The van der Waals surface area contributed by atoms with Gasteiger partial charge in [0.2, 0.25) is 5.91 Å². The van der Waals surface area contributed by atoms with Crippen LogP contribution in [0.15, 0.2) is 29.3 Å². The predicted octanol–water partition coefficient (Wildman–Crippen LogP) is 1.70. The Bertz CT molecular complexity index is 974. The van der Waals surface area contributed by atoms with Crippen LogP contribution in [0.25, 0.3) is 11.1 Å². The molecule has 0 saturated heterocycles. The monoisotopic (exact) mass is 381 g/mol. The zero-order valence-corrected chi connectivity index (χ0v) is 15.4. The van der Waals surface area contributed by atoms with Crippen LogP contribution in [0.5, 0.6) is 0 Å². The Morgan fingerprint density at radius 3 is 2.37 bits per heavy atom. The molecule has 1 heterocycles. The van der Waals surface area contributed by atoms with Crippen molar-refractivity contribution >= 4 is 29.5 Å². The van der Waals surface area contributed by atoms with Gasteiger partial charge in [0.05, 0.1) is 24.0 Å². The Morgan fingerprint density at radius 2 is 1.85 bits per heavy atom. The second-order valence-electron chi connectivity index (χ2n) is 5.18. The molecule has 0 unspecified atom stereocenters. The fourth-order valence-electron chi connectivity index (χ4n) is 2.29. The van der Waals surface area contributed by atoms with Crippen molar-refractivity contribution in [2.75, 3.05) is 25.6 Å². The molecular formula is C18H15N5O3S. The summed E-state index contributed by atoms with van der Waals surface area (Å²) in [5.41, 5.74) is 7.25. The quantitative estimate of drug-likeness (QED) is 0.588. The first-order valence-electron chi connectivity index (χ1n) is 7.62. The summed E-state index contributed by atoms with van der Waals surface area (Å²) in [6.45, 7) is 0. The molecule has 0 aliphatic carbocycles. The summed E-state index contributed by atoms with van der Waals surface area (Å²) in [6.07, 6.45) is 0. The molecule has 0 spiro atoms. The second kappa shape index (κ2) is 8.70. The number of carbonyl (C=O) groups is 2. The van der Waals surface area contributed by atoms with Gasteiger partial charge in [-0.05, 0) is 17.7 Å². The largest absolute Gasteiger partial charge is 0.465 e. The van der Waals surface area contributed by atoms with Gasteiger partial charge in [0.1, 0.15) is 28.5 Å². The minimum Gasteiger partial charge on any atom is -0.465 e. The van der Waals surface area contributed by atoms with Crippen LogP contribution in [0.4, 0.5) is 5.82 Å². The van der Waals surface area contributed by atoms with Gasteiger partial charge < -0.3 is 15.8 Å². The smallest absolute Gasteiger partial charge is 0.337 e. The maximum atomic E-state index is 11.6. The molecule has 1 amide bonds. The lowest BCUT2D eigenvalue weighted by Crippen LogP contribution is -2.20. The summed E-state index contributed by atoms with van der Waals surface area (Å²) in [5, 5.41) is 21.9. The molecule has 0 aliphatic rings. The number of methoxy groups -OCH3 is 1. The molecule has 27 heavy (non-hydrogen) atoms. The number of benzene rings is 1. The number of pyridine rings is 1. The molecule has 3 N–H and O–H groups in total. The Morgan fingerprint density at radius 1 is 1.22 bits per heavy atom. The first-order chi connectivity index (χ1) is 13.0. The highest BCUT2D eigenvalue weighted by atomic mass is 32.2. The van der Waals surface area contributed by atoms with E-state index < -0.39 is 5.97 Å². The lowest BCUT2D eigenvalue weighted by molar-refractivity contribution is -0.118. The maximum absolute atomic E-state index is 11.6. The summed E-state index contributed by atoms with van der Waals surface area (Å²) < 4.78 is 4.66. The number of hydrogen-bond acceptors (Lipinski definition) is 8. The van der Waals surface area contributed by atoms with Gasteiger partial charge in [-0.3, -0.25) is 4.79 Å². The van der Waals surface area contributed by atoms with E-state index in [4.69, 9.17) is 5.73 Å². The molecule has 0 aliphatic heterocycles. The third-order valence-corrected chi connectivity index (χ3v) is 4.60. The zero-order chi connectivity index (χ0) is 20.0. The van der Waals surface area contributed by atoms with Crippen molar-refractivity contribution in [1.29, 1.82) is 10.5 Å². The van der Waals surface area contributed by atoms with Gasteiger partial charge in [-0.25, -0.2) is 9.78 Å². The molecule has 9 heteroatoms. The van der Waals surface area contributed by atoms with Crippen molar-refractivity contribution < 1.29 is 14.3 Å². The predicted molar refractivity (Wildman–Crippen MR) is 99.6 cm³/mol. The number of rotatable bonds is 5. The molecule has 0 fully saturated rings. The van der Waals surface area contributed by atoms with E-state index in [9.17, 15) is 20.1 Å². The van der Waals surface area contributed by atoms with Crippen LogP contribution in [0.2, 0.25) is 0 Å². The highest BCUT2D eigenvalue weighted by molar-refractivity contribution is 8.00. The number of nitrogens with one attached hydrogen (secondary N) is 1. The van der Waals surface area contributed by atoms with Crippen molar-refractivity contribution in [3.05, 3.63) is 41.0 Å². The van der Waals surface area contributed by atoms with Crippen LogP contribution < -0.4 is 11.1 Å². The summed E-state index contributed by atoms with van der Waals surface area (Å²) >= 11 is 1.05. The van der Waals surface area contributed by atoms with E-state index in [-0.39, 0.29) is 33.6 Å².